The number of methoxy groups -OCH3 is 1. The average molecular weight is 467 g/mol. The second-order valence-electron chi connectivity index (χ2n) is 8.05. The highest BCUT2D eigenvalue weighted by Crippen LogP contribution is 2.30. The van der Waals surface area contributed by atoms with Crippen LogP contribution >= 0.6 is 0 Å². The molecule has 0 saturated carbocycles. The second-order valence-corrected chi connectivity index (χ2v) is 8.05. The summed E-state index contributed by atoms with van der Waals surface area (Å²) in [6.45, 7) is 8.59. The largest absolute Gasteiger partial charge is 0.493 e. The van der Waals surface area contributed by atoms with Crippen LogP contribution in [0.25, 0.3) is 6.08 Å². The van der Waals surface area contributed by atoms with Crippen molar-refractivity contribution in [3.63, 3.8) is 0 Å². The molecule has 7 nitrogen and oxygen atoms in total. The highest BCUT2D eigenvalue weighted by Gasteiger charge is 2.21. The van der Waals surface area contributed by atoms with E-state index in [9.17, 15) is 9.18 Å². The van der Waals surface area contributed by atoms with Crippen molar-refractivity contribution in [3.8, 4) is 17.6 Å². The Morgan fingerprint density at radius 1 is 1.21 bits per heavy atom. The minimum Gasteiger partial charge on any atom is -0.493 e. The summed E-state index contributed by atoms with van der Waals surface area (Å²) in [4.78, 5) is 17.2. The summed E-state index contributed by atoms with van der Waals surface area (Å²) in [7, 11) is 1.51. The molecule has 180 valence electrons. The topological polar surface area (TPSA) is 77.8 Å². The highest BCUT2D eigenvalue weighted by atomic mass is 19.1. The third kappa shape index (κ3) is 6.49. The molecule has 2 aromatic carbocycles. The van der Waals surface area contributed by atoms with Crippen LogP contribution in [0.15, 0.2) is 42.5 Å². The molecule has 0 aromatic heterocycles. The number of hydrogen-bond donors (Lipinski definition) is 1. The van der Waals surface area contributed by atoms with Crippen molar-refractivity contribution >= 4 is 17.7 Å². The Morgan fingerprint density at radius 3 is 2.65 bits per heavy atom. The van der Waals surface area contributed by atoms with E-state index >= 15 is 0 Å². The van der Waals surface area contributed by atoms with E-state index in [1.54, 1.807) is 30.3 Å². The number of rotatable bonds is 9. The van der Waals surface area contributed by atoms with E-state index in [1.165, 1.54) is 25.3 Å². The summed E-state index contributed by atoms with van der Waals surface area (Å²) >= 11 is 0. The average Bonchev–Trinajstić information content (AvgIpc) is 2.86. The maximum atomic E-state index is 14.1. The number of piperazine rings is 1. The SMILES string of the molecule is CCN1CCN(c2ccc(F)cc2C(C)NC(=O)/C=C/c2ccc(OCC#N)c(OC)c2)CC1. The number of benzene rings is 2. The van der Waals surface area contributed by atoms with Gasteiger partial charge in [0.2, 0.25) is 5.91 Å². The number of nitriles is 1. The Hall–Kier alpha value is -3.57. The summed E-state index contributed by atoms with van der Waals surface area (Å²) < 4.78 is 24.7. The minimum absolute atomic E-state index is 0.0812. The Labute approximate surface area is 200 Å². The lowest BCUT2D eigenvalue weighted by atomic mass is 10.0. The van der Waals surface area contributed by atoms with Gasteiger partial charge in [-0.25, -0.2) is 4.39 Å². The zero-order valence-electron chi connectivity index (χ0n) is 19.9. The van der Waals surface area contributed by atoms with Gasteiger partial charge in [-0.1, -0.05) is 13.0 Å². The lowest BCUT2D eigenvalue weighted by molar-refractivity contribution is -0.117. The van der Waals surface area contributed by atoms with E-state index in [-0.39, 0.29) is 24.4 Å². The second kappa shape index (κ2) is 12.1. The van der Waals surface area contributed by atoms with E-state index < -0.39 is 0 Å². The highest BCUT2D eigenvalue weighted by molar-refractivity contribution is 5.92. The Kier molecular flexibility index (Phi) is 8.88. The normalized spacial score (nSPS) is 15.1. The molecule has 1 aliphatic heterocycles. The van der Waals surface area contributed by atoms with Crippen LogP contribution in [0.4, 0.5) is 10.1 Å². The standard InChI is InChI=1S/C26H31FN4O3/c1-4-30-12-14-31(15-13-30)23-8-7-21(27)18-22(23)19(2)29-26(32)10-6-20-5-9-24(34-16-11-28)25(17-20)33-3/h5-10,17-19H,4,12-16H2,1-3H3,(H,29,32)/b10-6+. The molecule has 1 saturated heterocycles. The van der Waals surface area contributed by atoms with E-state index in [0.717, 1.165) is 49.5 Å². The fourth-order valence-corrected chi connectivity index (χ4v) is 3.99. The van der Waals surface area contributed by atoms with Crippen molar-refractivity contribution in [2.24, 2.45) is 0 Å². The molecule has 1 heterocycles. The molecule has 0 bridgehead atoms. The van der Waals surface area contributed by atoms with Gasteiger partial charge in [-0.2, -0.15) is 5.26 Å². The predicted molar refractivity (Wildman–Crippen MR) is 130 cm³/mol. The first kappa shape index (κ1) is 25.1. The lowest BCUT2D eigenvalue weighted by Crippen LogP contribution is -2.46. The zero-order valence-corrected chi connectivity index (χ0v) is 19.9. The maximum Gasteiger partial charge on any atom is 0.244 e. The zero-order chi connectivity index (χ0) is 24.5. The van der Waals surface area contributed by atoms with Gasteiger partial charge in [-0.05, 0) is 55.4 Å². The monoisotopic (exact) mass is 466 g/mol. The third-order valence-electron chi connectivity index (χ3n) is 5.88. The first-order valence-corrected chi connectivity index (χ1v) is 11.4. The van der Waals surface area contributed by atoms with Crippen molar-refractivity contribution in [3.05, 3.63) is 59.4 Å². The molecule has 0 aliphatic carbocycles. The van der Waals surface area contributed by atoms with Gasteiger partial charge in [0.25, 0.3) is 0 Å². The summed E-state index contributed by atoms with van der Waals surface area (Å²) in [5.74, 6) is 0.312. The van der Waals surface area contributed by atoms with Crippen LogP contribution < -0.4 is 19.7 Å². The van der Waals surface area contributed by atoms with Gasteiger partial charge < -0.3 is 24.6 Å². The smallest absolute Gasteiger partial charge is 0.244 e. The van der Waals surface area contributed by atoms with Gasteiger partial charge in [0.05, 0.1) is 13.2 Å². The molecule has 34 heavy (non-hydrogen) atoms. The number of carbonyl (C=O) groups is 1. The number of amides is 1. The van der Waals surface area contributed by atoms with Crippen molar-refractivity contribution in [2.75, 3.05) is 51.3 Å². The molecule has 1 fully saturated rings. The van der Waals surface area contributed by atoms with Crippen molar-refractivity contribution in [1.82, 2.24) is 10.2 Å². The molecule has 2 aromatic rings. The van der Waals surface area contributed by atoms with Gasteiger partial charge in [-0.3, -0.25) is 4.79 Å². The van der Waals surface area contributed by atoms with Crippen molar-refractivity contribution in [1.29, 1.82) is 5.26 Å². The molecule has 0 spiro atoms. The molecule has 1 aliphatic rings. The van der Waals surface area contributed by atoms with Gasteiger partial charge in [-0.15, -0.1) is 0 Å². The molecular weight excluding hydrogens is 435 g/mol. The van der Waals surface area contributed by atoms with E-state index in [1.807, 2.05) is 13.0 Å². The predicted octanol–water partition coefficient (Wildman–Crippen LogP) is 3.77. The molecule has 1 atom stereocenters. The van der Waals surface area contributed by atoms with Gasteiger partial charge in [0.15, 0.2) is 18.1 Å². The van der Waals surface area contributed by atoms with Crippen molar-refractivity contribution < 1.29 is 18.7 Å². The molecule has 1 unspecified atom stereocenters. The first-order chi connectivity index (χ1) is 16.4. The number of anilines is 1. The van der Waals surface area contributed by atoms with Crippen LogP contribution in [0, 0.1) is 17.1 Å². The number of nitrogens with one attached hydrogen (secondary N) is 1. The molecule has 1 amide bonds. The molecule has 8 heteroatoms. The van der Waals surface area contributed by atoms with Gasteiger partial charge >= 0.3 is 0 Å². The Balaban J connectivity index is 1.68. The van der Waals surface area contributed by atoms with Crippen LogP contribution in [-0.4, -0.2) is 57.2 Å². The lowest BCUT2D eigenvalue weighted by Gasteiger charge is -2.37. The molecule has 1 N–H and O–H groups in total. The number of nitrogens with zero attached hydrogens (tertiary/aromatic N) is 3. The fraction of sp³-hybridized carbons (Fsp3) is 0.385. The molecular formula is C26H31FN4O3. The molecule has 0 radical (unpaired) electrons. The Morgan fingerprint density at radius 2 is 1.97 bits per heavy atom. The number of likely N-dealkylation sites (N-methyl/N-ethyl adjacent to an activating group) is 1. The number of halogens is 1. The van der Waals surface area contributed by atoms with Crippen LogP contribution in [0.5, 0.6) is 11.5 Å². The van der Waals surface area contributed by atoms with Gasteiger partial charge in [0, 0.05) is 43.5 Å². The number of ether oxygens (including phenoxy) is 2. The van der Waals surface area contributed by atoms with E-state index in [4.69, 9.17) is 14.7 Å². The summed E-state index contributed by atoms with van der Waals surface area (Å²) in [5.41, 5.74) is 2.45. The van der Waals surface area contributed by atoms with E-state index in [2.05, 4.69) is 22.0 Å². The summed E-state index contributed by atoms with van der Waals surface area (Å²) in [5, 5.41) is 11.6. The summed E-state index contributed by atoms with van der Waals surface area (Å²) in [6.07, 6.45) is 3.09. The number of carbonyl (C=O) groups excluding carboxylic acids is 1. The van der Waals surface area contributed by atoms with Crippen LogP contribution in [0.2, 0.25) is 0 Å². The van der Waals surface area contributed by atoms with Crippen LogP contribution in [0.3, 0.4) is 0 Å². The van der Waals surface area contributed by atoms with Crippen LogP contribution in [-0.2, 0) is 4.79 Å². The third-order valence-corrected chi connectivity index (χ3v) is 5.88. The summed E-state index contributed by atoms with van der Waals surface area (Å²) in [6, 6.07) is 11.5. The quantitative estimate of drug-likeness (QED) is 0.567. The van der Waals surface area contributed by atoms with Crippen molar-refractivity contribution in [2.45, 2.75) is 19.9 Å². The first-order valence-electron chi connectivity index (χ1n) is 11.4. The van der Waals surface area contributed by atoms with Gasteiger partial charge in [0.1, 0.15) is 11.9 Å². The van der Waals surface area contributed by atoms with Crippen LogP contribution in [0.1, 0.15) is 31.0 Å². The Bertz CT molecular complexity index is 1060. The molecule has 3 rings (SSSR count). The fourth-order valence-electron chi connectivity index (χ4n) is 3.99. The number of hydrogen-bond acceptors (Lipinski definition) is 6. The minimum atomic E-state index is -0.372. The maximum absolute atomic E-state index is 14.1. The van der Waals surface area contributed by atoms with E-state index in [0.29, 0.717) is 11.5 Å².